The predicted molar refractivity (Wildman–Crippen MR) is 149 cm³/mol. The van der Waals surface area contributed by atoms with Gasteiger partial charge in [0.1, 0.15) is 0 Å². The zero-order valence-electron chi connectivity index (χ0n) is 24.6. The lowest BCUT2D eigenvalue weighted by atomic mass is 10.1. The van der Waals surface area contributed by atoms with E-state index in [2.05, 4.69) is 20.9 Å². The number of aromatic nitrogens is 1. The normalized spacial score (nSPS) is 11.2. The molecule has 1 aromatic heterocycles. The van der Waals surface area contributed by atoms with Crippen LogP contribution in [0, 0.1) is 0 Å². The molecule has 1 aromatic carbocycles. The number of para-hydroxylation sites is 1. The molecular formula is C26H36F9N5O7. The number of carbonyl (C=O) groups is 4. The summed E-state index contributed by atoms with van der Waals surface area (Å²) in [5, 5.41) is 32.3. The minimum absolute atomic E-state index is 0.0818. The smallest absolute Gasteiger partial charge is 0.475 e. The highest BCUT2D eigenvalue weighted by atomic mass is 19.4. The van der Waals surface area contributed by atoms with E-state index in [0.717, 1.165) is 68.6 Å². The van der Waals surface area contributed by atoms with Crippen LogP contribution in [0.3, 0.4) is 0 Å². The Balaban J connectivity index is 0. The summed E-state index contributed by atoms with van der Waals surface area (Å²) in [6.07, 6.45) is -8.55. The number of alkyl halides is 9. The summed E-state index contributed by atoms with van der Waals surface area (Å²) >= 11 is 0. The number of amides is 1. The number of hydrogen-bond donors (Lipinski definition) is 8. The molecule has 1 heterocycles. The molecule has 2 rings (SSSR count). The molecule has 0 atom stereocenters. The van der Waals surface area contributed by atoms with Gasteiger partial charge in [0, 0.05) is 23.6 Å². The van der Waals surface area contributed by atoms with Gasteiger partial charge in [0.15, 0.2) is 0 Å². The van der Waals surface area contributed by atoms with Crippen LogP contribution in [-0.2, 0) is 25.6 Å². The molecular weight excluding hydrogens is 665 g/mol. The number of carbonyl (C=O) groups excluding carboxylic acids is 1. The quantitative estimate of drug-likeness (QED) is 0.106. The first kappa shape index (κ1) is 45.0. The third kappa shape index (κ3) is 24.8. The zero-order valence-corrected chi connectivity index (χ0v) is 24.6. The SMILES string of the molecule is NCCCNCCCCNCCCNC(=O)Cc1c[nH]c2ccccc12.O=C(O)C(F)(F)F.O=C(O)C(F)(F)F.O=C(O)C(F)(F)F. The summed E-state index contributed by atoms with van der Waals surface area (Å²) in [5.74, 6) is -8.19. The van der Waals surface area contributed by atoms with E-state index in [0.29, 0.717) is 6.42 Å². The highest BCUT2D eigenvalue weighted by molar-refractivity contribution is 5.88. The number of aromatic amines is 1. The van der Waals surface area contributed by atoms with E-state index in [1.165, 1.54) is 12.8 Å². The van der Waals surface area contributed by atoms with E-state index < -0.39 is 36.4 Å². The molecule has 0 aliphatic heterocycles. The molecule has 0 spiro atoms. The molecule has 2 aromatic rings. The van der Waals surface area contributed by atoms with Crippen LogP contribution < -0.4 is 21.7 Å². The van der Waals surface area contributed by atoms with Gasteiger partial charge in [-0.25, -0.2) is 14.4 Å². The maximum Gasteiger partial charge on any atom is 0.490 e. The lowest BCUT2D eigenvalue weighted by Gasteiger charge is -2.07. The molecule has 1 amide bonds. The largest absolute Gasteiger partial charge is 0.490 e. The third-order valence-corrected chi connectivity index (χ3v) is 5.12. The third-order valence-electron chi connectivity index (χ3n) is 5.12. The van der Waals surface area contributed by atoms with Crippen LogP contribution in [0.25, 0.3) is 10.9 Å². The number of carboxylic acid groups (broad SMARTS) is 3. The van der Waals surface area contributed by atoms with Crippen molar-refractivity contribution < 1.29 is 74.0 Å². The second-order valence-corrected chi connectivity index (χ2v) is 9.00. The van der Waals surface area contributed by atoms with Crippen molar-refractivity contribution in [2.24, 2.45) is 5.73 Å². The van der Waals surface area contributed by atoms with Gasteiger partial charge < -0.3 is 42.0 Å². The number of aliphatic carboxylic acids is 3. The number of unbranched alkanes of at least 4 members (excludes halogenated alkanes) is 1. The Morgan fingerprint density at radius 1 is 0.660 bits per heavy atom. The molecule has 0 saturated heterocycles. The van der Waals surface area contributed by atoms with Gasteiger partial charge in [0.2, 0.25) is 5.91 Å². The molecule has 47 heavy (non-hydrogen) atoms. The molecule has 12 nitrogen and oxygen atoms in total. The summed E-state index contributed by atoms with van der Waals surface area (Å²) in [7, 11) is 0. The van der Waals surface area contributed by atoms with Gasteiger partial charge in [0.05, 0.1) is 6.42 Å². The van der Waals surface area contributed by atoms with Crippen molar-refractivity contribution in [3.8, 4) is 0 Å². The van der Waals surface area contributed by atoms with Crippen molar-refractivity contribution in [1.82, 2.24) is 20.9 Å². The molecule has 0 saturated carbocycles. The zero-order chi connectivity index (χ0) is 36.7. The lowest BCUT2D eigenvalue weighted by Crippen LogP contribution is -2.29. The summed E-state index contributed by atoms with van der Waals surface area (Å²) < 4.78 is 95.2. The summed E-state index contributed by atoms with van der Waals surface area (Å²) in [5.41, 5.74) is 7.58. The highest BCUT2D eigenvalue weighted by Crippen LogP contribution is 2.18. The van der Waals surface area contributed by atoms with Gasteiger partial charge in [-0.2, -0.15) is 39.5 Å². The number of benzene rings is 1. The number of nitrogens with one attached hydrogen (secondary N) is 4. The number of nitrogens with two attached hydrogens (primary N) is 1. The number of halogens is 9. The lowest BCUT2D eigenvalue weighted by molar-refractivity contribution is -0.193. The fourth-order valence-corrected chi connectivity index (χ4v) is 2.93. The van der Waals surface area contributed by atoms with E-state index >= 15 is 0 Å². The Bertz CT molecular complexity index is 1150. The van der Waals surface area contributed by atoms with E-state index in [1.54, 1.807) is 0 Å². The monoisotopic (exact) mass is 701 g/mol. The van der Waals surface area contributed by atoms with Crippen LogP contribution in [0.4, 0.5) is 39.5 Å². The van der Waals surface area contributed by atoms with E-state index in [1.807, 2.05) is 30.5 Å². The first-order chi connectivity index (χ1) is 21.6. The summed E-state index contributed by atoms with van der Waals surface area (Å²) in [6.45, 7) is 5.52. The van der Waals surface area contributed by atoms with Gasteiger partial charge in [-0.05, 0) is 70.0 Å². The Kier molecular flexibility index (Phi) is 22.3. The minimum atomic E-state index is -5.08. The molecule has 270 valence electrons. The van der Waals surface area contributed by atoms with Crippen molar-refractivity contribution in [3.63, 3.8) is 0 Å². The first-order valence-electron chi connectivity index (χ1n) is 13.5. The Labute approximate surface area is 261 Å². The summed E-state index contributed by atoms with van der Waals surface area (Å²) in [4.78, 5) is 42.0. The standard InChI is InChI=1S/C20H33N5O.3C2HF3O2/c21-9-5-12-22-10-3-4-11-23-13-6-14-24-20(26)15-17-16-25-19-8-2-1-7-18(17)19;3*3-2(4,5)1(6)7/h1-2,7-8,16,22-23,25H,3-6,9-15,21H2,(H,24,26);3*(H,6,7). The second-order valence-electron chi connectivity index (χ2n) is 9.00. The van der Waals surface area contributed by atoms with Crippen LogP contribution in [0.1, 0.15) is 31.2 Å². The van der Waals surface area contributed by atoms with E-state index in [-0.39, 0.29) is 5.91 Å². The topological polar surface area (TPSA) is 207 Å². The average molecular weight is 702 g/mol. The van der Waals surface area contributed by atoms with Crippen LogP contribution in [0.15, 0.2) is 30.5 Å². The summed E-state index contributed by atoms with van der Waals surface area (Å²) in [6, 6.07) is 8.07. The van der Waals surface area contributed by atoms with Gasteiger partial charge in [-0.15, -0.1) is 0 Å². The van der Waals surface area contributed by atoms with Crippen molar-refractivity contribution in [3.05, 3.63) is 36.0 Å². The van der Waals surface area contributed by atoms with Crippen molar-refractivity contribution in [2.45, 2.75) is 50.6 Å². The minimum Gasteiger partial charge on any atom is -0.475 e. The van der Waals surface area contributed by atoms with Crippen molar-refractivity contribution >= 4 is 34.7 Å². The van der Waals surface area contributed by atoms with E-state index in [4.69, 9.17) is 35.4 Å². The second kappa shape index (κ2) is 23.2. The van der Waals surface area contributed by atoms with Gasteiger partial charge in [-0.3, -0.25) is 4.79 Å². The fourth-order valence-electron chi connectivity index (χ4n) is 2.93. The molecule has 21 heteroatoms. The van der Waals surface area contributed by atoms with Crippen LogP contribution in [-0.4, -0.2) is 102 Å². The number of H-pyrrole nitrogens is 1. The number of carboxylic acids is 3. The Morgan fingerprint density at radius 2 is 1.06 bits per heavy atom. The van der Waals surface area contributed by atoms with Crippen molar-refractivity contribution in [2.75, 3.05) is 39.3 Å². The number of hydrogen-bond acceptors (Lipinski definition) is 7. The molecule has 0 unspecified atom stereocenters. The van der Waals surface area contributed by atoms with Gasteiger partial charge >= 0.3 is 36.4 Å². The molecule has 9 N–H and O–H groups in total. The van der Waals surface area contributed by atoms with Crippen LogP contribution in [0.2, 0.25) is 0 Å². The van der Waals surface area contributed by atoms with Crippen LogP contribution >= 0.6 is 0 Å². The predicted octanol–water partition coefficient (Wildman–Crippen LogP) is 3.42. The molecule has 0 aliphatic carbocycles. The van der Waals surface area contributed by atoms with E-state index in [9.17, 15) is 44.3 Å². The number of fused-ring (bicyclic) bond motifs is 1. The maximum atomic E-state index is 12.1. The van der Waals surface area contributed by atoms with Crippen molar-refractivity contribution in [1.29, 1.82) is 0 Å². The maximum absolute atomic E-state index is 12.1. The average Bonchev–Trinajstić information content (AvgIpc) is 3.35. The number of rotatable bonds is 14. The fraction of sp³-hybridized carbons (Fsp3) is 0.538. The molecule has 0 aliphatic rings. The molecule has 0 fully saturated rings. The van der Waals surface area contributed by atoms with Gasteiger partial charge in [-0.1, -0.05) is 18.2 Å². The molecule has 0 bridgehead atoms. The van der Waals surface area contributed by atoms with Crippen LogP contribution in [0.5, 0.6) is 0 Å². The Hall–Kier alpha value is -4.11. The van der Waals surface area contributed by atoms with Gasteiger partial charge in [0.25, 0.3) is 0 Å². The molecule has 0 radical (unpaired) electrons. The Morgan fingerprint density at radius 3 is 1.49 bits per heavy atom. The first-order valence-corrected chi connectivity index (χ1v) is 13.5. The highest BCUT2D eigenvalue weighted by Gasteiger charge is 2.39.